The van der Waals surface area contributed by atoms with E-state index in [0.29, 0.717) is 11.3 Å². The summed E-state index contributed by atoms with van der Waals surface area (Å²) in [6.45, 7) is 6.88. The van der Waals surface area contributed by atoms with E-state index in [1.54, 1.807) is 39.0 Å². The number of piperidine rings is 1. The van der Waals surface area contributed by atoms with Crippen LogP contribution in [0.15, 0.2) is 45.9 Å². The van der Waals surface area contributed by atoms with E-state index < -0.39 is 57.2 Å². The van der Waals surface area contributed by atoms with Crippen molar-refractivity contribution in [3.63, 3.8) is 0 Å². The van der Waals surface area contributed by atoms with Crippen molar-refractivity contribution in [1.29, 1.82) is 0 Å². The number of benzene rings is 1. The number of carbonyl (C=O) groups is 2. The number of nitrogens with zero attached hydrogens (tertiary/aromatic N) is 2. The molecule has 1 aromatic heterocycles. The maximum Gasteiger partial charge on any atom is 0.411 e. The lowest BCUT2D eigenvalue weighted by atomic mass is 9.68. The number of hydrogen-bond acceptors (Lipinski definition) is 8. The molecule has 37 heavy (non-hydrogen) atoms. The summed E-state index contributed by atoms with van der Waals surface area (Å²) in [6, 6.07) is 6.38. The predicted molar refractivity (Wildman–Crippen MR) is 131 cm³/mol. The number of likely N-dealkylation sites (tertiary alicyclic amines) is 1. The van der Waals surface area contributed by atoms with Crippen LogP contribution in [0.5, 0.6) is 0 Å². The molecule has 0 radical (unpaired) electrons. The number of ether oxygens (including phenoxy) is 2. The Bertz CT molecular complexity index is 1330. The molecule has 1 N–H and O–H groups in total. The lowest BCUT2D eigenvalue weighted by Gasteiger charge is -2.46. The number of fused-ring (bicyclic) bond motifs is 3. The van der Waals surface area contributed by atoms with Gasteiger partial charge in [0.15, 0.2) is 0 Å². The Labute approximate surface area is 216 Å². The average Bonchev–Trinajstić information content (AvgIpc) is 3.45. The van der Waals surface area contributed by atoms with Crippen molar-refractivity contribution in [2.24, 2.45) is 5.41 Å². The van der Waals surface area contributed by atoms with E-state index in [-0.39, 0.29) is 24.4 Å². The van der Waals surface area contributed by atoms with Crippen LogP contribution in [0.4, 0.5) is 4.79 Å². The van der Waals surface area contributed by atoms with Crippen LogP contribution >= 0.6 is 0 Å². The number of aryl methyl sites for hydroxylation is 1. The molecule has 5 rings (SSSR count). The van der Waals surface area contributed by atoms with Crippen molar-refractivity contribution in [2.75, 3.05) is 20.2 Å². The Hall–Kier alpha value is -2.89. The molecule has 0 bridgehead atoms. The summed E-state index contributed by atoms with van der Waals surface area (Å²) in [5.41, 5.74) is -0.242. The first-order valence-electron chi connectivity index (χ1n) is 12.2. The van der Waals surface area contributed by atoms with E-state index in [1.807, 2.05) is 6.92 Å². The maximum absolute atomic E-state index is 13.7. The molecule has 1 amide bonds. The quantitative estimate of drug-likeness (QED) is 0.598. The summed E-state index contributed by atoms with van der Waals surface area (Å²) in [6.07, 6.45) is -0.266. The van der Waals surface area contributed by atoms with E-state index in [4.69, 9.17) is 13.9 Å². The van der Waals surface area contributed by atoms with Gasteiger partial charge in [0, 0.05) is 30.0 Å². The van der Waals surface area contributed by atoms with Crippen LogP contribution in [0.2, 0.25) is 0 Å². The van der Waals surface area contributed by atoms with Gasteiger partial charge in [0.25, 0.3) is 0 Å². The van der Waals surface area contributed by atoms with Crippen LogP contribution in [-0.2, 0) is 24.3 Å². The number of β-amino-alcohol motifs (C(OH)–C–C–N with tert-alkyl or cyclic N) is 1. The minimum Gasteiger partial charge on any atom is -0.467 e. The van der Waals surface area contributed by atoms with Gasteiger partial charge in [0.05, 0.1) is 24.4 Å². The SMILES string of the molecule is COC(=O)[C@@H]1C[C@@]23CN(S(=O)(=O)c4ccc(C)cc4)C[C@@H](O)[C@@H]2c2ccoc2[C@H]3N1C(=O)OC(C)(C)C. The van der Waals surface area contributed by atoms with Crippen LogP contribution in [0.25, 0.3) is 0 Å². The third-order valence-electron chi connectivity index (χ3n) is 7.64. The fourth-order valence-corrected chi connectivity index (χ4v) is 7.84. The van der Waals surface area contributed by atoms with Gasteiger partial charge in [0.2, 0.25) is 10.0 Å². The van der Waals surface area contributed by atoms with Gasteiger partial charge in [-0.3, -0.25) is 4.90 Å². The minimum absolute atomic E-state index is 0.0212. The number of hydrogen-bond donors (Lipinski definition) is 1. The summed E-state index contributed by atoms with van der Waals surface area (Å²) in [5, 5.41) is 11.4. The molecule has 2 aliphatic heterocycles. The highest BCUT2D eigenvalue weighted by molar-refractivity contribution is 7.89. The molecule has 0 saturated carbocycles. The van der Waals surface area contributed by atoms with E-state index >= 15 is 0 Å². The van der Waals surface area contributed by atoms with Crippen molar-refractivity contribution in [3.8, 4) is 0 Å². The average molecular weight is 533 g/mol. The van der Waals surface area contributed by atoms with Crippen molar-refractivity contribution in [2.45, 2.75) is 68.7 Å². The van der Waals surface area contributed by atoms with Crippen molar-refractivity contribution < 1.29 is 37.0 Å². The molecule has 2 aromatic rings. The minimum atomic E-state index is -3.98. The number of esters is 1. The van der Waals surface area contributed by atoms with E-state index in [1.165, 1.54) is 34.7 Å². The van der Waals surface area contributed by atoms with Gasteiger partial charge in [-0.2, -0.15) is 4.31 Å². The summed E-state index contributed by atoms with van der Waals surface area (Å²) < 4.78 is 45.2. The Morgan fingerprint density at radius 3 is 2.46 bits per heavy atom. The Morgan fingerprint density at radius 1 is 1.16 bits per heavy atom. The van der Waals surface area contributed by atoms with Gasteiger partial charge in [-0.25, -0.2) is 18.0 Å². The molecule has 2 fully saturated rings. The van der Waals surface area contributed by atoms with Gasteiger partial charge < -0.3 is 19.0 Å². The molecular formula is C26H32N2O8S. The number of sulfonamides is 1. The number of carbonyl (C=O) groups excluding carboxylic acids is 2. The fourth-order valence-electron chi connectivity index (χ4n) is 6.30. The molecule has 10 nitrogen and oxygen atoms in total. The molecular weight excluding hydrogens is 500 g/mol. The molecule has 1 aromatic carbocycles. The Morgan fingerprint density at radius 2 is 1.84 bits per heavy atom. The van der Waals surface area contributed by atoms with Gasteiger partial charge in [-0.1, -0.05) is 17.7 Å². The summed E-state index contributed by atoms with van der Waals surface area (Å²) in [7, 11) is -2.75. The lowest BCUT2D eigenvalue weighted by Crippen LogP contribution is -2.55. The molecule has 3 aliphatic rings. The molecule has 200 valence electrons. The third-order valence-corrected chi connectivity index (χ3v) is 9.47. The zero-order valence-electron chi connectivity index (χ0n) is 21.5. The standard InChI is InChI=1S/C26H32N2O8S/c1-15-6-8-16(9-7-15)37(32,33)27-13-19(29)20-17-10-11-35-21(17)22-26(20,14-27)12-18(23(30)34-5)28(22)24(31)36-25(2,3)4/h6-11,18-20,22,29H,12-14H2,1-5H3/t18-,19+,20-,22+,26+/m0/s1. The van der Waals surface area contributed by atoms with E-state index in [9.17, 15) is 23.1 Å². The van der Waals surface area contributed by atoms with Gasteiger partial charge in [0.1, 0.15) is 23.4 Å². The van der Waals surface area contributed by atoms with E-state index in [0.717, 1.165) is 5.56 Å². The van der Waals surface area contributed by atoms with Gasteiger partial charge in [-0.15, -0.1) is 0 Å². The number of aliphatic hydroxyl groups excluding tert-OH is 1. The number of rotatable bonds is 3. The second kappa shape index (κ2) is 8.57. The topological polar surface area (TPSA) is 127 Å². The van der Waals surface area contributed by atoms with Gasteiger partial charge in [-0.05, 0) is 52.3 Å². The Balaban J connectivity index is 1.62. The summed E-state index contributed by atoms with van der Waals surface area (Å²) in [5.74, 6) is -0.763. The van der Waals surface area contributed by atoms with Crippen molar-refractivity contribution in [1.82, 2.24) is 9.21 Å². The zero-order valence-corrected chi connectivity index (χ0v) is 22.3. The fraction of sp³-hybridized carbons (Fsp3) is 0.538. The van der Waals surface area contributed by atoms with Crippen LogP contribution in [-0.4, -0.2) is 72.7 Å². The first-order chi connectivity index (χ1) is 17.3. The number of aliphatic hydroxyl groups is 1. The molecule has 3 heterocycles. The highest BCUT2D eigenvalue weighted by Crippen LogP contribution is 2.67. The van der Waals surface area contributed by atoms with Crippen LogP contribution in [0.3, 0.4) is 0 Å². The van der Waals surface area contributed by atoms with Crippen LogP contribution in [0.1, 0.15) is 56.0 Å². The molecule has 2 saturated heterocycles. The smallest absolute Gasteiger partial charge is 0.411 e. The van der Waals surface area contributed by atoms with Gasteiger partial charge >= 0.3 is 12.1 Å². The summed E-state index contributed by atoms with van der Waals surface area (Å²) >= 11 is 0. The normalized spacial score (nSPS) is 29.4. The molecule has 0 unspecified atom stereocenters. The maximum atomic E-state index is 13.7. The molecule has 11 heteroatoms. The van der Waals surface area contributed by atoms with Crippen LogP contribution in [0, 0.1) is 12.3 Å². The first-order valence-corrected chi connectivity index (χ1v) is 13.7. The molecule has 5 atom stereocenters. The molecule has 1 spiro atoms. The highest BCUT2D eigenvalue weighted by atomic mass is 32.2. The number of amides is 1. The van der Waals surface area contributed by atoms with Crippen LogP contribution < -0.4 is 0 Å². The number of methoxy groups -OCH3 is 1. The third kappa shape index (κ3) is 3.95. The second-order valence-corrected chi connectivity index (χ2v) is 13.1. The molecule has 1 aliphatic carbocycles. The van der Waals surface area contributed by atoms with Crippen molar-refractivity contribution in [3.05, 3.63) is 53.5 Å². The highest BCUT2D eigenvalue weighted by Gasteiger charge is 2.70. The van der Waals surface area contributed by atoms with E-state index in [2.05, 4.69) is 0 Å². The second-order valence-electron chi connectivity index (χ2n) is 11.2. The summed E-state index contributed by atoms with van der Waals surface area (Å²) in [4.78, 5) is 27.9. The Kier molecular flexibility index (Phi) is 5.96. The number of furan rings is 1. The van der Waals surface area contributed by atoms with Crippen molar-refractivity contribution >= 4 is 22.1 Å². The monoisotopic (exact) mass is 532 g/mol. The lowest BCUT2D eigenvalue weighted by molar-refractivity contribution is -0.146. The predicted octanol–water partition coefficient (Wildman–Crippen LogP) is 2.96. The zero-order chi connectivity index (χ0) is 26.9. The first kappa shape index (κ1) is 25.7. The largest absolute Gasteiger partial charge is 0.467 e.